The van der Waals surface area contributed by atoms with Gasteiger partial charge in [-0.3, -0.25) is 4.79 Å². The first kappa shape index (κ1) is 11.7. The summed E-state index contributed by atoms with van der Waals surface area (Å²) in [6, 6.07) is 14.3. The highest BCUT2D eigenvalue weighted by molar-refractivity contribution is 6.30. The summed E-state index contributed by atoms with van der Waals surface area (Å²) in [5, 5.41) is 3.64. The summed E-state index contributed by atoms with van der Waals surface area (Å²) < 4.78 is 0. The summed E-state index contributed by atoms with van der Waals surface area (Å²) in [6.07, 6.45) is 0. The lowest BCUT2D eigenvalue weighted by Gasteiger charge is -2.03. The fourth-order valence-electron chi connectivity index (χ4n) is 1.56. The molecule has 0 aliphatic rings. The average Bonchev–Trinajstić information content (AvgIpc) is 2.39. The lowest BCUT2D eigenvalue weighted by atomic mass is 10.0. The number of ketones is 1. The van der Waals surface area contributed by atoms with Crippen molar-refractivity contribution < 1.29 is 4.79 Å². The topological polar surface area (TPSA) is 29.1 Å². The van der Waals surface area contributed by atoms with Crippen molar-refractivity contribution in [1.29, 1.82) is 0 Å². The Labute approximate surface area is 105 Å². The first-order valence-electron chi connectivity index (χ1n) is 5.29. The molecule has 1 N–H and O–H groups in total. The molecule has 2 aromatic rings. The van der Waals surface area contributed by atoms with E-state index in [-0.39, 0.29) is 5.78 Å². The monoisotopic (exact) mass is 245 g/mol. The number of hydrogen-bond acceptors (Lipinski definition) is 2. The van der Waals surface area contributed by atoms with Crippen molar-refractivity contribution in [3.8, 4) is 0 Å². The Morgan fingerprint density at radius 3 is 1.88 bits per heavy atom. The summed E-state index contributed by atoms with van der Waals surface area (Å²) in [6.45, 7) is 0. The van der Waals surface area contributed by atoms with Crippen molar-refractivity contribution in [3.05, 3.63) is 64.7 Å². The van der Waals surface area contributed by atoms with E-state index in [9.17, 15) is 4.79 Å². The summed E-state index contributed by atoms with van der Waals surface area (Å²) in [4.78, 5) is 12.1. The van der Waals surface area contributed by atoms with Crippen LogP contribution in [-0.2, 0) is 0 Å². The maximum Gasteiger partial charge on any atom is 0.193 e. The summed E-state index contributed by atoms with van der Waals surface area (Å²) in [7, 11) is 1.84. The maximum atomic E-state index is 12.1. The number of halogens is 1. The van der Waals surface area contributed by atoms with Gasteiger partial charge in [0.1, 0.15) is 0 Å². The molecule has 2 rings (SSSR count). The van der Waals surface area contributed by atoms with E-state index in [0.29, 0.717) is 16.1 Å². The smallest absolute Gasteiger partial charge is 0.193 e. The van der Waals surface area contributed by atoms with Crippen LogP contribution in [0.1, 0.15) is 15.9 Å². The van der Waals surface area contributed by atoms with E-state index in [0.717, 1.165) is 5.69 Å². The largest absolute Gasteiger partial charge is 0.388 e. The highest BCUT2D eigenvalue weighted by atomic mass is 35.5. The van der Waals surface area contributed by atoms with Crippen LogP contribution in [0.4, 0.5) is 5.69 Å². The van der Waals surface area contributed by atoms with Gasteiger partial charge in [0.2, 0.25) is 0 Å². The molecule has 0 bridgehead atoms. The van der Waals surface area contributed by atoms with Crippen molar-refractivity contribution in [1.82, 2.24) is 0 Å². The van der Waals surface area contributed by atoms with Gasteiger partial charge in [0.25, 0.3) is 0 Å². The minimum Gasteiger partial charge on any atom is -0.388 e. The summed E-state index contributed by atoms with van der Waals surface area (Å²) in [5.74, 6) is 0.00400. The van der Waals surface area contributed by atoms with Gasteiger partial charge < -0.3 is 5.32 Å². The molecule has 2 nitrogen and oxygen atoms in total. The van der Waals surface area contributed by atoms with Gasteiger partial charge >= 0.3 is 0 Å². The second kappa shape index (κ2) is 5.02. The van der Waals surface area contributed by atoms with Crippen LogP contribution >= 0.6 is 11.6 Å². The predicted molar refractivity (Wildman–Crippen MR) is 70.9 cm³/mol. The van der Waals surface area contributed by atoms with Crippen LogP contribution in [-0.4, -0.2) is 12.8 Å². The van der Waals surface area contributed by atoms with Crippen molar-refractivity contribution in [2.45, 2.75) is 0 Å². The standard InChI is InChI=1S/C14H12ClNO/c1-16-13-8-4-11(5-9-13)14(17)10-2-6-12(15)7-3-10/h2-9,16H,1H3. The zero-order valence-electron chi connectivity index (χ0n) is 9.41. The van der Waals surface area contributed by atoms with Crippen molar-refractivity contribution >= 4 is 23.1 Å². The molecule has 0 unspecified atom stereocenters. The number of rotatable bonds is 3. The van der Waals surface area contributed by atoms with E-state index < -0.39 is 0 Å². The van der Waals surface area contributed by atoms with E-state index in [2.05, 4.69) is 5.32 Å². The normalized spacial score (nSPS) is 10.0. The van der Waals surface area contributed by atoms with Gasteiger partial charge in [-0.1, -0.05) is 11.6 Å². The zero-order chi connectivity index (χ0) is 12.3. The van der Waals surface area contributed by atoms with E-state index in [1.165, 1.54) is 0 Å². The van der Waals surface area contributed by atoms with Gasteiger partial charge in [-0.05, 0) is 48.5 Å². The van der Waals surface area contributed by atoms with Crippen LogP contribution in [0.15, 0.2) is 48.5 Å². The SMILES string of the molecule is CNc1ccc(C(=O)c2ccc(Cl)cc2)cc1. The third-order valence-electron chi connectivity index (χ3n) is 2.54. The van der Waals surface area contributed by atoms with Gasteiger partial charge in [-0.25, -0.2) is 0 Å². The zero-order valence-corrected chi connectivity index (χ0v) is 10.2. The van der Waals surface area contributed by atoms with Gasteiger partial charge in [0, 0.05) is 28.9 Å². The predicted octanol–water partition coefficient (Wildman–Crippen LogP) is 3.61. The van der Waals surface area contributed by atoms with Crippen molar-refractivity contribution in [2.75, 3.05) is 12.4 Å². The molecule has 0 radical (unpaired) electrons. The van der Waals surface area contributed by atoms with Crippen LogP contribution in [0.2, 0.25) is 5.02 Å². The van der Waals surface area contributed by atoms with Crippen LogP contribution in [0, 0.1) is 0 Å². The number of benzene rings is 2. The first-order chi connectivity index (χ1) is 8.20. The first-order valence-corrected chi connectivity index (χ1v) is 5.66. The average molecular weight is 246 g/mol. The fraction of sp³-hybridized carbons (Fsp3) is 0.0714. The highest BCUT2D eigenvalue weighted by Crippen LogP contribution is 2.15. The molecular formula is C14H12ClNO. The maximum absolute atomic E-state index is 12.1. The Morgan fingerprint density at radius 2 is 1.41 bits per heavy atom. The lowest BCUT2D eigenvalue weighted by molar-refractivity contribution is 0.103. The quantitative estimate of drug-likeness (QED) is 0.837. The number of carbonyl (C=O) groups excluding carboxylic acids is 1. The summed E-state index contributed by atoms with van der Waals surface area (Å²) in [5.41, 5.74) is 2.30. The summed E-state index contributed by atoms with van der Waals surface area (Å²) >= 11 is 5.78. The van der Waals surface area contributed by atoms with E-state index in [4.69, 9.17) is 11.6 Å². The van der Waals surface area contributed by atoms with Gasteiger partial charge in [-0.15, -0.1) is 0 Å². The Morgan fingerprint density at radius 1 is 0.941 bits per heavy atom. The van der Waals surface area contributed by atoms with Gasteiger partial charge in [0.05, 0.1) is 0 Å². The molecule has 0 aromatic heterocycles. The fourth-order valence-corrected chi connectivity index (χ4v) is 1.68. The van der Waals surface area contributed by atoms with Crippen LogP contribution in [0.25, 0.3) is 0 Å². The van der Waals surface area contributed by atoms with E-state index in [1.807, 2.05) is 31.3 Å². The molecule has 2 aromatic carbocycles. The van der Waals surface area contributed by atoms with E-state index >= 15 is 0 Å². The van der Waals surface area contributed by atoms with Crippen LogP contribution in [0.3, 0.4) is 0 Å². The number of anilines is 1. The lowest BCUT2D eigenvalue weighted by Crippen LogP contribution is -2.01. The number of hydrogen-bond donors (Lipinski definition) is 1. The Bertz CT molecular complexity index is 517. The Hall–Kier alpha value is -1.80. The molecule has 3 heteroatoms. The molecule has 0 aliphatic heterocycles. The Kier molecular flexibility index (Phi) is 3.45. The van der Waals surface area contributed by atoms with Gasteiger partial charge in [0.15, 0.2) is 5.78 Å². The molecule has 0 fully saturated rings. The molecule has 0 atom stereocenters. The molecule has 0 aliphatic carbocycles. The van der Waals surface area contributed by atoms with E-state index in [1.54, 1.807) is 24.3 Å². The third-order valence-corrected chi connectivity index (χ3v) is 2.79. The molecule has 0 spiro atoms. The molecule has 0 heterocycles. The van der Waals surface area contributed by atoms with Crippen molar-refractivity contribution in [2.24, 2.45) is 0 Å². The molecule has 0 saturated heterocycles. The van der Waals surface area contributed by atoms with Crippen molar-refractivity contribution in [3.63, 3.8) is 0 Å². The van der Waals surface area contributed by atoms with Crippen LogP contribution in [0.5, 0.6) is 0 Å². The molecular weight excluding hydrogens is 234 g/mol. The van der Waals surface area contributed by atoms with Gasteiger partial charge in [-0.2, -0.15) is 0 Å². The molecule has 17 heavy (non-hydrogen) atoms. The molecule has 0 saturated carbocycles. The number of carbonyl (C=O) groups is 1. The second-order valence-electron chi connectivity index (χ2n) is 3.66. The second-order valence-corrected chi connectivity index (χ2v) is 4.10. The third kappa shape index (κ3) is 2.66. The van der Waals surface area contributed by atoms with Crippen LogP contribution < -0.4 is 5.32 Å². The molecule has 0 amide bonds. The Balaban J connectivity index is 2.27. The minimum atomic E-state index is 0.00400. The molecule has 86 valence electrons. The highest BCUT2D eigenvalue weighted by Gasteiger charge is 2.08. The number of nitrogens with one attached hydrogen (secondary N) is 1. The minimum absolute atomic E-state index is 0.00400.